The first-order chi connectivity index (χ1) is 13.7. The Hall–Kier alpha value is -2.03. The SMILES string of the molecule is CCN(CC)c1cc(C)c2c(n1)sc1c(N3CCN(CCO)CC3)ncnc12. The van der Waals surface area contributed by atoms with Crippen molar-refractivity contribution in [3.63, 3.8) is 0 Å². The minimum absolute atomic E-state index is 0.216. The van der Waals surface area contributed by atoms with E-state index in [1.807, 2.05) is 0 Å². The van der Waals surface area contributed by atoms with E-state index in [1.54, 1.807) is 17.7 Å². The van der Waals surface area contributed by atoms with Crippen LogP contribution in [0.25, 0.3) is 20.4 Å². The third kappa shape index (κ3) is 3.40. The molecule has 0 saturated carbocycles. The summed E-state index contributed by atoms with van der Waals surface area (Å²) in [6, 6.07) is 2.18. The first-order valence-corrected chi connectivity index (χ1v) is 10.9. The molecule has 0 spiro atoms. The fourth-order valence-corrected chi connectivity index (χ4v) is 5.20. The zero-order valence-electron chi connectivity index (χ0n) is 16.9. The minimum atomic E-state index is 0.216. The first kappa shape index (κ1) is 19.3. The van der Waals surface area contributed by atoms with Gasteiger partial charge in [0.05, 0.1) is 16.8 Å². The molecule has 3 aromatic heterocycles. The van der Waals surface area contributed by atoms with Crippen molar-refractivity contribution >= 4 is 43.4 Å². The molecule has 0 atom stereocenters. The second-order valence-corrected chi connectivity index (χ2v) is 8.18. The number of β-amino-alcohol motifs (C(OH)–C–C–N with tert-alkyl or cyclic N) is 1. The average Bonchev–Trinajstić information content (AvgIpc) is 3.09. The zero-order valence-corrected chi connectivity index (χ0v) is 17.7. The molecule has 0 amide bonds. The molecule has 1 aliphatic heterocycles. The number of aliphatic hydroxyl groups is 1. The normalized spacial score (nSPS) is 15.6. The van der Waals surface area contributed by atoms with E-state index in [0.29, 0.717) is 0 Å². The van der Waals surface area contributed by atoms with Crippen LogP contribution in [-0.4, -0.2) is 77.4 Å². The van der Waals surface area contributed by atoms with E-state index < -0.39 is 0 Å². The highest BCUT2D eigenvalue weighted by molar-refractivity contribution is 7.26. The molecule has 1 N–H and O–H groups in total. The Labute approximate surface area is 169 Å². The molecule has 1 saturated heterocycles. The van der Waals surface area contributed by atoms with Crippen molar-refractivity contribution < 1.29 is 5.11 Å². The van der Waals surface area contributed by atoms with Gasteiger partial charge in [0, 0.05) is 51.2 Å². The molecule has 0 aliphatic carbocycles. The standard InChI is InChI=1S/C20H28N6OS/c1-4-25(5-2)15-12-14(3)16-17-18(28-20(16)23-15)19(22-13-21-17)26-8-6-24(7-9-26)10-11-27/h12-13,27H,4-11H2,1-3H3. The van der Waals surface area contributed by atoms with Gasteiger partial charge in [0.2, 0.25) is 0 Å². The summed E-state index contributed by atoms with van der Waals surface area (Å²) < 4.78 is 1.13. The van der Waals surface area contributed by atoms with Gasteiger partial charge >= 0.3 is 0 Å². The van der Waals surface area contributed by atoms with E-state index >= 15 is 0 Å². The van der Waals surface area contributed by atoms with Gasteiger partial charge in [-0.05, 0) is 32.4 Å². The topological polar surface area (TPSA) is 68.6 Å². The summed E-state index contributed by atoms with van der Waals surface area (Å²) in [4.78, 5) is 22.2. The molecule has 0 aromatic carbocycles. The highest BCUT2D eigenvalue weighted by atomic mass is 32.1. The number of pyridine rings is 1. The van der Waals surface area contributed by atoms with Crippen molar-refractivity contribution in [2.24, 2.45) is 0 Å². The summed E-state index contributed by atoms with van der Waals surface area (Å²) in [5, 5.41) is 10.3. The van der Waals surface area contributed by atoms with Crippen molar-refractivity contribution in [2.75, 3.05) is 62.2 Å². The largest absolute Gasteiger partial charge is 0.395 e. The summed E-state index contributed by atoms with van der Waals surface area (Å²) in [5.41, 5.74) is 2.23. The van der Waals surface area contributed by atoms with E-state index in [-0.39, 0.29) is 6.61 Å². The Morgan fingerprint density at radius 3 is 2.57 bits per heavy atom. The van der Waals surface area contributed by atoms with E-state index in [9.17, 15) is 0 Å². The molecule has 4 rings (SSSR count). The summed E-state index contributed by atoms with van der Waals surface area (Å²) in [7, 11) is 0. The highest BCUT2D eigenvalue weighted by Crippen LogP contribution is 2.39. The predicted octanol–water partition coefficient (Wildman–Crippen LogP) is 2.51. The first-order valence-electron chi connectivity index (χ1n) is 10.0. The Morgan fingerprint density at radius 2 is 1.89 bits per heavy atom. The molecule has 0 bridgehead atoms. The molecule has 8 heteroatoms. The van der Waals surface area contributed by atoms with Crippen molar-refractivity contribution in [1.82, 2.24) is 19.9 Å². The van der Waals surface area contributed by atoms with Gasteiger partial charge in [-0.3, -0.25) is 4.90 Å². The zero-order chi connectivity index (χ0) is 19.7. The van der Waals surface area contributed by atoms with Crippen LogP contribution in [0.1, 0.15) is 19.4 Å². The van der Waals surface area contributed by atoms with Crippen LogP contribution in [0.4, 0.5) is 11.6 Å². The van der Waals surface area contributed by atoms with Crippen LogP contribution in [0, 0.1) is 6.92 Å². The maximum absolute atomic E-state index is 9.16. The third-order valence-corrected chi connectivity index (χ3v) is 6.63. The fourth-order valence-electron chi connectivity index (χ4n) is 3.98. The number of piperazine rings is 1. The second-order valence-electron chi connectivity index (χ2n) is 7.18. The number of fused-ring (bicyclic) bond motifs is 3. The van der Waals surface area contributed by atoms with E-state index in [0.717, 1.165) is 77.9 Å². The maximum Gasteiger partial charge on any atom is 0.150 e. The van der Waals surface area contributed by atoms with Crippen LogP contribution in [0.3, 0.4) is 0 Å². The summed E-state index contributed by atoms with van der Waals surface area (Å²) in [6.07, 6.45) is 1.68. The van der Waals surface area contributed by atoms with Gasteiger partial charge < -0.3 is 14.9 Å². The second kappa shape index (κ2) is 8.14. The van der Waals surface area contributed by atoms with Gasteiger partial charge in [0.1, 0.15) is 22.8 Å². The maximum atomic E-state index is 9.16. The quantitative estimate of drug-likeness (QED) is 0.682. The Kier molecular flexibility index (Phi) is 5.61. The lowest BCUT2D eigenvalue weighted by atomic mass is 10.1. The molecular formula is C20H28N6OS. The molecule has 0 radical (unpaired) electrons. The van der Waals surface area contributed by atoms with Gasteiger partial charge in [0.15, 0.2) is 0 Å². The molecule has 1 aliphatic rings. The monoisotopic (exact) mass is 400 g/mol. The van der Waals surface area contributed by atoms with Crippen molar-refractivity contribution in [3.8, 4) is 0 Å². The Bertz CT molecular complexity index is 962. The summed E-state index contributed by atoms with van der Waals surface area (Å²) in [5.74, 6) is 2.05. The van der Waals surface area contributed by atoms with Crippen molar-refractivity contribution in [2.45, 2.75) is 20.8 Å². The van der Waals surface area contributed by atoms with Crippen LogP contribution < -0.4 is 9.80 Å². The number of thiophene rings is 1. The fraction of sp³-hybridized carbons (Fsp3) is 0.550. The van der Waals surface area contributed by atoms with Crippen LogP contribution in [0.5, 0.6) is 0 Å². The Balaban J connectivity index is 1.75. The van der Waals surface area contributed by atoms with Gasteiger partial charge in [-0.15, -0.1) is 11.3 Å². The number of aryl methyl sites for hydroxylation is 1. The molecule has 4 heterocycles. The number of rotatable bonds is 6. The lowest BCUT2D eigenvalue weighted by Gasteiger charge is -2.35. The van der Waals surface area contributed by atoms with Crippen molar-refractivity contribution in [1.29, 1.82) is 0 Å². The van der Waals surface area contributed by atoms with Gasteiger partial charge in [0.25, 0.3) is 0 Å². The lowest BCUT2D eigenvalue weighted by Crippen LogP contribution is -2.47. The van der Waals surface area contributed by atoms with Crippen LogP contribution >= 0.6 is 11.3 Å². The van der Waals surface area contributed by atoms with Crippen LogP contribution in [0.15, 0.2) is 12.4 Å². The summed E-state index contributed by atoms with van der Waals surface area (Å²) in [6.45, 7) is 13.0. The molecule has 7 nitrogen and oxygen atoms in total. The number of nitrogens with zero attached hydrogens (tertiary/aromatic N) is 6. The number of aromatic nitrogens is 3. The van der Waals surface area contributed by atoms with Gasteiger partial charge in [-0.1, -0.05) is 0 Å². The van der Waals surface area contributed by atoms with E-state index in [1.165, 1.54) is 5.56 Å². The minimum Gasteiger partial charge on any atom is -0.395 e. The van der Waals surface area contributed by atoms with Crippen molar-refractivity contribution in [3.05, 3.63) is 18.0 Å². The number of anilines is 2. The number of hydrogen-bond acceptors (Lipinski definition) is 8. The molecule has 1 fully saturated rings. The average molecular weight is 401 g/mol. The molecule has 28 heavy (non-hydrogen) atoms. The number of aliphatic hydroxyl groups excluding tert-OH is 1. The Morgan fingerprint density at radius 1 is 1.14 bits per heavy atom. The predicted molar refractivity (Wildman–Crippen MR) is 117 cm³/mol. The lowest BCUT2D eigenvalue weighted by molar-refractivity contribution is 0.188. The number of hydrogen-bond donors (Lipinski definition) is 1. The van der Waals surface area contributed by atoms with Gasteiger partial charge in [-0.2, -0.15) is 0 Å². The smallest absolute Gasteiger partial charge is 0.150 e. The molecular weight excluding hydrogens is 372 g/mol. The molecule has 3 aromatic rings. The van der Waals surface area contributed by atoms with E-state index in [4.69, 9.17) is 10.1 Å². The van der Waals surface area contributed by atoms with Crippen LogP contribution in [-0.2, 0) is 0 Å². The molecule has 150 valence electrons. The third-order valence-electron chi connectivity index (χ3n) is 5.57. The van der Waals surface area contributed by atoms with E-state index in [2.05, 4.69) is 51.5 Å². The summed E-state index contributed by atoms with van der Waals surface area (Å²) >= 11 is 1.70. The van der Waals surface area contributed by atoms with Gasteiger partial charge in [-0.25, -0.2) is 15.0 Å². The van der Waals surface area contributed by atoms with Crippen LogP contribution in [0.2, 0.25) is 0 Å². The highest BCUT2D eigenvalue weighted by Gasteiger charge is 2.22. The molecule has 0 unspecified atom stereocenters.